The van der Waals surface area contributed by atoms with Gasteiger partial charge in [0.05, 0.1) is 5.69 Å². The standard InChI is InChI=1S/C10H19N3/c1-4-9-8-13(3)12-10(9)6-5-7-11-2/h8,11H,4-7H2,1-3H3. The summed E-state index contributed by atoms with van der Waals surface area (Å²) in [5.74, 6) is 0. The van der Waals surface area contributed by atoms with Crippen LogP contribution < -0.4 is 5.32 Å². The fourth-order valence-corrected chi connectivity index (χ4v) is 1.52. The van der Waals surface area contributed by atoms with Gasteiger partial charge in [0, 0.05) is 13.2 Å². The molecule has 13 heavy (non-hydrogen) atoms. The van der Waals surface area contributed by atoms with Gasteiger partial charge in [0.1, 0.15) is 0 Å². The maximum absolute atomic E-state index is 4.44. The first-order valence-electron chi connectivity index (χ1n) is 4.94. The van der Waals surface area contributed by atoms with Gasteiger partial charge in [0.15, 0.2) is 0 Å². The van der Waals surface area contributed by atoms with E-state index in [-0.39, 0.29) is 0 Å². The van der Waals surface area contributed by atoms with Crippen molar-refractivity contribution in [2.24, 2.45) is 7.05 Å². The molecule has 3 nitrogen and oxygen atoms in total. The lowest BCUT2D eigenvalue weighted by atomic mass is 10.1. The van der Waals surface area contributed by atoms with Crippen molar-refractivity contribution < 1.29 is 0 Å². The Hall–Kier alpha value is -0.830. The van der Waals surface area contributed by atoms with Crippen LogP contribution in [0.2, 0.25) is 0 Å². The molecule has 1 aromatic heterocycles. The van der Waals surface area contributed by atoms with Crippen molar-refractivity contribution in [3.63, 3.8) is 0 Å². The first kappa shape index (κ1) is 10.3. The van der Waals surface area contributed by atoms with E-state index in [2.05, 4.69) is 23.5 Å². The molecular formula is C10H19N3. The molecule has 0 bridgehead atoms. The Morgan fingerprint density at radius 1 is 1.54 bits per heavy atom. The van der Waals surface area contributed by atoms with Gasteiger partial charge in [-0.25, -0.2) is 0 Å². The average molecular weight is 181 g/mol. The molecule has 0 aliphatic rings. The number of rotatable bonds is 5. The van der Waals surface area contributed by atoms with Gasteiger partial charge >= 0.3 is 0 Å². The van der Waals surface area contributed by atoms with E-state index in [1.165, 1.54) is 17.7 Å². The van der Waals surface area contributed by atoms with Gasteiger partial charge < -0.3 is 5.32 Å². The smallest absolute Gasteiger partial charge is 0.0656 e. The molecule has 1 heterocycles. The second-order valence-electron chi connectivity index (χ2n) is 3.34. The summed E-state index contributed by atoms with van der Waals surface area (Å²) in [5, 5.41) is 7.59. The van der Waals surface area contributed by atoms with Crippen LogP contribution in [0.4, 0.5) is 0 Å². The van der Waals surface area contributed by atoms with E-state index in [0.29, 0.717) is 0 Å². The summed E-state index contributed by atoms with van der Waals surface area (Å²) in [5.41, 5.74) is 2.65. The molecule has 0 spiro atoms. The maximum Gasteiger partial charge on any atom is 0.0656 e. The van der Waals surface area contributed by atoms with Gasteiger partial charge in [0.25, 0.3) is 0 Å². The van der Waals surface area contributed by atoms with E-state index in [1.54, 1.807) is 0 Å². The Kier molecular flexibility index (Phi) is 3.96. The van der Waals surface area contributed by atoms with Crippen LogP contribution in [-0.4, -0.2) is 23.4 Å². The fourth-order valence-electron chi connectivity index (χ4n) is 1.52. The molecule has 0 amide bonds. The van der Waals surface area contributed by atoms with E-state index in [1.807, 2.05) is 18.8 Å². The average Bonchev–Trinajstić information content (AvgIpc) is 2.47. The van der Waals surface area contributed by atoms with Crippen LogP contribution in [0.1, 0.15) is 24.6 Å². The molecule has 1 N–H and O–H groups in total. The van der Waals surface area contributed by atoms with Gasteiger partial charge in [-0.05, 0) is 38.4 Å². The quantitative estimate of drug-likeness (QED) is 0.690. The zero-order chi connectivity index (χ0) is 9.68. The van der Waals surface area contributed by atoms with Crippen molar-refractivity contribution in [3.05, 3.63) is 17.5 Å². The summed E-state index contributed by atoms with van der Waals surface area (Å²) in [4.78, 5) is 0. The Morgan fingerprint density at radius 3 is 2.92 bits per heavy atom. The molecule has 74 valence electrons. The molecule has 0 saturated carbocycles. The number of nitrogens with zero attached hydrogens (tertiary/aromatic N) is 2. The normalized spacial score (nSPS) is 10.7. The number of aryl methyl sites for hydroxylation is 3. The molecule has 0 unspecified atom stereocenters. The summed E-state index contributed by atoms with van der Waals surface area (Å²) in [7, 11) is 3.97. The third-order valence-corrected chi connectivity index (χ3v) is 2.21. The predicted octanol–water partition coefficient (Wildman–Crippen LogP) is 1.13. The van der Waals surface area contributed by atoms with Crippen molar-refractivity contribution in [2.45, 2.75) is 26.2 Å². The van der Waals surface area contributed by atoms with Gasteiger partial charge in [-0.3, -0.25) is 4.68 Å². The Bertz CT molecular complexity index is 253. The minimum atomic E-state index is 1.07. The van der Waals surface area contributed by atoms with Gasteiger partial charge in [-0.1, -0.05) is 6.92 Å². The van der Waals surface area contributed by atoms with Crippen molar-refractivity contribution in [3.8, 4) is 0 Å². The highest BCUT2D eigenvalue weighted by molar-refractivity contribution is 5.16. The minimum absolute atomic E-state index is 1.07. The van der Waals surface area contributed by atoms with Crippen LogP contribution in [0.3, 0.4) is 0 Å². The summed E-state index contributed by atoms with van der Waals surface area (Å²) in [6.07, 6.45) is 5.46. The number of hydrogen-bond acceptors (Lipinski definition) is 2. The molecule has 0 aromatic carbocycles. The van der Waals surface area contributed by atoms with Crippen LogP contribution in [0, 0.1) is 0 Å². The summed E-state index contributed by atoms with van der Waals surface area (Å²) >= 11 is 0. The lowest BCUT2D eigenvalue weighted by Crippen LogP contribution is -2.09. The lowest BCUT2D eigenvalue weighted by Gasteiger charge is -1.99. The highest BCUT2D eigenvalue weighted by Crippen LogP contribution is 2.08. The van der Waals surface area contributed by atoms with E-state index in [9.17, 15) is 0 Å². The molecule has 0 atom stereocenters. The van der Waals surface area contributed by atoms with Crippen LogP contribution in [0.5, 0.6) is 0 Å². The fraction of sp³-hybridized carbons (Fsp3) is 0.700. The molecule has 0 fully saturated rings. The molecule has 3 heteroatoms. The van der Waals surface area contributed by atoms with E-state index in [4.69, 9.17) is 0 Å². The first-order valence-corrected chi connectivity index (χ1v) is 4.94. The molecular weight excluding hydrogens is 162 g/mol. The zero-order valence-corrected chi connectivity index (χ0v) is 8.80. The van der Waals surface area contributed by atoms with Gasteiger partial charge in [-0.15, -0.1) is 0 Å². The summed E-state index contributed by atoms with van der Waals surface area (Å²) in [6, 6.07) is 0. The van der Waals surface area contributed by atoms with E-state index < -0.39 is 0 Å². The van der Waals surface area contributed by atoms with Crippen molar-refractivity contribution in [2.75, 3.05) is 13.6 Å². The number of hydrogen-bond donors (Lipinski definition) is 1. The Labute approximate surface area is 80.1 Å². The number of aromatic nitrogens is 2. The highest BCUT2D eigenvalue weighted by atomic mass is 15.2. The molecule has 1 aromatic rings. The molecule has 1 rings (SSSR count). The Morgan fingerprint density at radius 2 is 2.31 bits per heavy atom. The van der Waals surface area contributed by atoms with E-state index >= 15 is 0 Å². The SMILES string of the molecule is CCc1cn(C)nc1CCCNC. The second-order valence-corrected chi connectivity index (χ2v) is 3.34. The second kappa shape index (κ2) is 5.02. The summed E-state index contributed by atoms with van der Waals surface area (Å²) in [6.45, 7) is 3.25. The lowest BCUT2D eigenvalue weighted by molar-refractivity contribution is 0.688. The third-order valence-electron chi connectivity index (χ3n) is 2.21. The molecule has 0 aliphatic heterocycles. The largest absolute Gasteiger partial charge is 0.320 e. The zero-order valence-electron chi connectivity index (χ0n) is 8.80. The van der Waals surface area contributed by atoms with Gasteiger partial charge in [0.2, 0.25) is 0 Å². The van der Waals surface area contributed by atoms with Crippen molar-refractivity contribution in [1.29, 1.82) is 0 Å². The maximum atomic E-state index is 4.44. The van der Waals surface area contributed by atoms with Crippen LogP contribution in [0.25, 0.3) is 0 Å². The molecule has 0 saturated heterocycles. The van der Waals surface area contributed by atoms with Gasteiger partial charge in [-0.2, -0.15) is 5.10 Å². The predicted molar refractivity (Wildman–Crippen MR) is 54.8 cm³/mol. The van der Waals surface area contributed by atoms with Crippen molar-refractivity contribution >= 4 is 0 Å². The summed E-state index contributed by atoms with van der Waals surface area (Å²) < 4.78 is 1.91. The monoisotopic (exact) mass is 181 g/mol. The molecule has 0 aliphatic carbocycles. The molecule has 0 radical (unpaired) electrons. The third kappa shape index (κ3) is 2.84. The highest BCUT2D eigenvalue weighted by Gasteiger charge is 2.04. The van der Waals surface area contributed by atoms with Crippen LogP contribution >= 0.6 is 0 Å². The Balaban J connectivity index is 2.53. The number of nitrogens with one attached hydrogen (secondary N) is 1. The van der Waals surface area contributed by atoms with Crippen LogP contribution in [0.15, 0.2) is 6.20 Å². The topological polar surface area (TPSA) is 29.9 Å². The minimum Gasteiger partial charge on any atom is -0.320 e. The van der Waals surface area contributed by atoms with E-state index in [0.717, 1.165) is 19.4 Å². The van der Waals surface area contributed by atoms with Crippen molar-refractivity contribution in [1.82, 2.24) is 15.1 Å². The van der Waals surface area contributed by atoms with Crippen LogP contribution in [-0.2, 0) is 19.9 Å². The first-order chi connectivity index (χ1) is 6.27.